The number of fused-ring (bicyclic) bond motifs is 1. The van der Waals surface area contributed by atoms with Gasteiger partial charge in [0, 0.05) is 31.4 Å². The summed E-state index contributed by atoms with van der Waals surface area (Å²) in [5.74, 6) is 0.828. The number of H-pyrrole nitrogens is 1. The molecule has 1 fully saturated rings. The molecule has 1 aliphatic heterocycles. The molecule has 1 N–H and O–H groups in total. The molecule has 142 valence electrons. The fourth-order valence-corrected chi connectivity index (χ4v) is 3.96. The summed E-state index contributed by atoms with van der Waals surface area (Å²) in [5, 5.41) is 1.05. The number of likely N-dealkylation sites (N-methyl/N-ethyl adjacent to an activating group) is 1. The van der Waals surface area contributed by atoms with Crippen LogP contribution in [0, 0.1) is 0 Å². The Morgan fingerprint density at radius 3 is 2.67 bits per heavy atom. The van der Waals surface area contributed by atoms with E-state index in [1.807, 2.05) is 6.07 Å². The lowest BCUT2D eigenvalue weighted by Gasteiger charge is -2.29. The summed E-state index contributed by atoms with van der Waals surface area (Å²) in [6.45, 7) is 4.60. The molecule has 0 atom stereocenters. The number of rotatable bonds is 5. The van der Waals surface area contributed by atoms with Gasteiger partial charge < -0.3 is 14.8 Å². The van der Waals surface area contributed by atoms with E-state index < -0.39 is 0 Å². The summed E-state index contributed by atoms with van der Waals surface area (Å²) in [7, 11) is 2.15. The molecule has 4 nitrogen and oxygen atoms in total. The van der Waals surface area contributed by atoms with Crippen molar-refractivity contribution in [3.8, 4) is 11.4 Å². The van der Waals surface area contributed by atoms with Gasteiger partial charge in [-0.1, -0.05) is 41.8 Å². The maximum atomic E-state index is 6.12. The van der Waals surface area contributed by atoms with Crippen LogP contribution in [0.15, 0.2) is 36.4 Å². The van der Waals surface area contributed by atoms with Gasteiger partial charge in [0.25, 0.3) is 0 Å². The molecular weight excluding hydrogens is 379 g/mol. The fraction of sp³-hybridized carbons (Fsp3) is 0.381. The van der Waals surface area contributed by atoms with Gasteiger partial charge in [-0.05, 0) is 50.2 Å². The number of nitrogens with one attached hydrogen (secondary N) is 1. The van der Waals surface area contributed by atoms with E-state index in [4.69, 9.17) is 23.2 Å². The number of likely N-dealkylation sites (tertiary alicyclic amines) is 1. The Balaban J connectivity index is 1.51. The van der Waals surface area contributed by atoms with Crippen LogP contribution in [0.2, 0.25) is 10.0 Å². The summed E-state index contributed by atoms with van der Waals surface area (Å²) < 4.78 is 0. The topological polar surface area (TPSA) is 35.2 Å². The van der Waals surface area contributed by atoms with Gasteiger partial charge in [-0.2, -0.15) is 0 Å². The molecule has 1 aromatic heterocycles. The number of aromatic amines is 1. The molecular formula is C21H24Cl2N4. The van der Waals surface area contributed by atoms with Crippen LogP contribution in [-0.4, -0.2) is 48.1 Å². The first-order chi connectivity index (χ1) is 13.1. The molecule has 0 amide bonds. The highest BCUT2D eigenvalue weighted by Gasteiger charge is 2.12. The number of aromatic nitrogens is 2. The van der Waals surface area contributed by atoms with Gasteiger partial charge in [-0.25, -0.2) is 4.98 Å². The lowest BCUT2D eigenvalue weighted by atomic mass is 10.1. The predicted octanol–water partition coefficient (Wildman–Crippen LogP) is 5.46. The summed E-state index contributed by atoms with van der Waals surface area (Å²) in [6.07, 6.45) is 4.04. The van der Waals surface area contributed by atoms with Crippen molar-refractivity contribution in [2.75, 3.05) is 38.1 Å². The van der Waals surface area contributed by atoms with Crippen molar-refractivity contribution in [1.82, 2.24) is 14.9 Å². The minimum Gasteiger partial charge on any atom is -0.373 e. The second-order valence-corrected chi connectivity index (χ2v) is 8.06. The van der Waals surface area contributed by atoms with E-state index in [0.29, 0.717) is 10.0 Å². The Morgan fingerprint density at radius 1 is 1.07 bits per heavy atom. The molecule has 4 rings (SSSR count). The van der Waals surface area contributed by atoms with Gasteiger partial charge in [0.15, 0.2) is 0 Å². The Labute approximate surface area is 170 Å². The quantitative estimate of drug-likeness (QED) is 0.615. The first-order valence-electron chi connectivity index (χ1n) is 9.49. The van der Waals surface area contributed by atoms with E-state index in [0.717, 1.165) is 35.5 Å². The third kappa shape index (κ3) is 4.23. The van der Waals surface area contributed by atoms with Crippen LogP contribution in [0.3, 0.4) is 0 Å². The number of halogens is 2. The molecule has 1 saturated heterocycles. The van der Waals surface area contributed by atoms with Gasteiger partial charge in [-0.3, -0.25) is 0 Å². The summed E-state index contributed by atoms with van der Waals surface area (Å²) >= 11 is 12.2. The molecule has 3 aromatic rings. The molecule has 2 heterocycles. The van der Waals surface area contributed by atoms with Crippen LogP contribution < -0.4 is 4.90 Å². The Bertz CT molecular complexity index is 892. The van der Waals surface area contributed by atoms with Crippen molar-refractivity contribution in [3.63, 3.8) is 0 Å². The van der Waals surface area contributed by atoms with Gasteiger partial charge >= 0.3 is 0 Å². The maximum absolute atomic E-state index is 6.12. The molecule has 0 radical (unpaired) electrons. The first-order valence-corrected chi connectivity index (χ1v) is 10.2. The predicted molar refractivity (Wildman–Crippen MR) is 115 cm³/mol. The number of hydrogen-bond donors (Lipinski definition) is 1. The monoisotopic (exact) mass is 402 g/mol. The van der Waals surface area contributed by atoms with Gasteiger partial charge in [0.2, 0.25) is 0 Å². The number of piperidine rings is 1. The van der Waals surface area contributed by atoms with E-state index in [9.17, 15) is 0 Å². The van der Waals surface area contributed by atoms with E-state index in [1.165, 1.54) is 38.0 Å². The second kappa shape index (κ2) is 8.09. The van der Waals surface area contributed by atoms with Crippen molar-refractivity contribution < 1.29 is 0 Å². The Kier molecular flexibility index (Phi) is 5.58. The smallest absolute Gasteiger partial charge is 0.138 e. The van der Waals surface area contributed by atoms with Crippen LogP contribution in [0.1, 0.15) is 19.3 Å². The highest BCUT2D eigenvalue weighted by molar-refractivity contribution is 6.42. The standard InChI is InChI=1S/C21H24Cl2N4/c1-26(10-11-27-8-3-2-4-9-27)16-7-5-6-15(12-16)21-24-19-13-17(22)18(23)14-20(19)25-21/h5-7,12-14H,2-4,8-11H2,1H3,(H,24,25). The van der Waals surface area contributed by atoms with Crippen molar-refractivity contribution in [2.45, 2.75) is 19.3 Å². The Hall–Kier alpha value is -1.75. The maximum Gasteiger partial charge on any atom is 0.138 e. The summed E-state index contributed by atoms with van der Waals surface area (Å²) in [5.41, 5.74) is 3.97. The lowest BCUT2D eigenvalue weighted by molar-refractivity contribution is 0.234. The lowest BCUT2D eigenvalue weighted by Crippen LogP contribution is -2.36. The number of nitrogens with zero attached hydrogens (tertiary/aromatic N) is 3. The third-order valence-corrected chi connectivity index (χ3v) is 6.01. The van der Waals surface area contributed by atoms with Crippen LogP contribution in [0.25, 0.3) is 22.4 Å². The fourth-order valence-electron chi connectivity index (χ4n) is 3.64. The second-order valence-electron chi connectivity index (χ2n) is 7.24. The molecule has 0 unspecified atom stereocenters. The zero-order chi connectivity index (χ0) is 18.8. The number of imidazole rings is 1. The SMILES string of the molecule is CN(CCN1CCCCC1)c1cccc(-c2nc3cc(Cl)c(Cl)cc3[nH]2)c1. The van der Waals surface area contributed by atoms with Crippen molar-refractivity contribution in [3.05, 3.63) is 46.4 Å². The van der Waals surface area contributed by atoms with Gasteiger partial charge in [0.1, 0.15) is 5.82 Å². The Morgan fingerprint density at radius 2 is 1.85 bits per heavy atom. The minimum absolute atomic E-state index is 0.522. The third-order valence-electron chi connectivity index (χ3n) is 5.28. The minimum atomic E-state index is 0.522. The van der Waals surface area contributed by atoms with Crippen LogP contribution in [0.4, 0.5) is 5.69 Å². The van der Waals surface area contributed by atoms with Crippen molar-refractivity contribution >= 4 is 39.9 Å². The van der Waals surface area contributed by atoms with Crippen LogP contribution >= 0.6 is 23.2 Å². The molecule has 0 spiro atoms. The molecule has 0 bridgehead atoms. The zero-order valence-corrected chi connectivity index (χ0v) is 17.0. The van der Waals surface area contributed by atoms with Gasteiger partial charge in [0.05, 0.1) is 21.1 Å². The van der Waals surface area contributed by atoms with E-state index >= 15 is 0 Å². The van der Waals surface area contributed by atoms with Gasteiger partial charge in [-0.15, -0.1) is 0 Å². The van der Waals surface area contributed by atoms with E-state index in [2.05, 4.69) is 51.1 Å². The first kappa shape index (κ1) is 18.6. The molecule has 0 saturated carbocycles. The van der Waals surface area contributed by atoms with E-state index in [1.54, 1.807) is 6.07 Å². The van der Waals surface area contributed by atoms with Crippen molar-refractivity contribution in [1.29, 1.82) is 0 Å². The average molecular weight is 403 g/mol. The molecule has 6 heteroatoms. The normalized spacial score (nSPS) is 15.4. The molecule has 2 aromatic carbocycles. The molecule has 0 aliphatic carbocycles. The number of hydrogen-bond acceptors (Lipinski definition) is 3. The van der Waals surface area contributed by atoms with E-state index in [-0.39, 0.29) is 0 Å². The van der Waals surface area contributed by atoms with Crippen LogP contribution in [-0.2, 0) is 0 Å². The average Bonchev–Trinajstić information content (AvgIpc) is 3.10. The zero-order valence-electron chi connectivity index (χ0n) is 15.5. The summed E-state index contributed by atoms with van der Waals surface area (Å²) in [4.78, 5) is 12.9. The molecule has 27 heavy (non-hydrogen) atoms. The summed E-state index contributed by atoms with van der Waals surface area (Å²) in [6, 6.07) is 12.1. The van der Waals surface area contributed by atoms with Crippen LogP contribution in [0.5, 0.6) is 0 Å². The highest BCUT2D eigenvalue weighted by atomic mass is 35.5. The highest BCUT2D eigenvalue weighted by Crippen LogP contribution is 2.29. The number of anilines is 1. The molecule has 1 aliphatic rings. The number of benzene rings is 2. The van der Waals surface area contributed by atoms with Crippen molar-refractivity contribution in [2.24, 2.45) is 0 Å². The largest absolute Gasteiger partial charge is 0.373 e.